The molecule has 8 nitrogen and oxygen atoms in total. The maximum Gasteiger partial charge on any atom is 0.294 e. The first kappa shape index (κ1) is 21.4. The standard InChI is InChI=1S/C19H22N2O6S2/c1-3-20(14-7-8-29(25,26)12-14)17(22)11-21-18(23)16(28-19(21)24)10-13-5-4-6-15(9-13)27-2/h4-6,9-10,14H,3,7-8,11-12H2,1-2H3/b16-10+/t14-/m1/s1. The van der Waals surface area contributed by atoms with E-state index in [9.17, 15) is 22.8 Å². The highest BCUT2D eigenvalue weighted by Crippen LogP contribution is 2.32. The van der Waals surface area contributed by atoms with Gasteiger partial charge in [-0.05, 0) is 48.9 Å². The number of amides is 3. The van der Waals surface area contributed by atoms with Crippen LogP contribution in [0.1, 0.15) is 18.9 Å². The number of sulfone groups is 1. The summed E-state index contributed by atoms with van der Waals surface area (Å²) in [5, 5.41) is -0.521. The van der Waals surface area contributed by atoms with Gasteiger partial charge in [-0.1, -0.05) is 12.1 Å². The van der Waals surface area contributed by atoms with Gasteiger partial charge in [0.15, 0.2) is 9.84 Å². The molecular weight excluding hydrogens is 416 g/mol. The molecule has 0 spiro atoms. The summed E-state index contributed by atoms with van der Waals surface area (Å²) in [6, 6.07) is 6.64. The zero-order valence-corrected chi connectivity index (χ0v) is 17.8. The fraction of sp³-hybridized carbons (Fsp3) is 0.421. The lowest BCUT2D eigenvalue weighted by molar-refractivity contribution is -0.137. The normalized spacial score (nSPS) is 22.3. The van der Waals surface area contributed by atoms with E-state index in [1.807, 2.05) is 0 Å². The minimum Gasteiger partial charge on any atom is -0.497 e. The average molecular weight is 439 g/mol. The Morgan fingerprint density at radius 2 is 2.14 bits per heavy atom. The van der Waals surface area contributed by atoms with Crippen LogP contribution in [-0.2, 0) is 19.4 Å². The van der Waals surface area contributed by atoms with Crippen LogP contribution in [0.4, 0.5) is 4.79 Å². The van der Waals surface area contributed by atoms with E-state index in [0.717, 1.165) is 16.7 Å². The topological polar surface area (TPSA) is 101 Å². The van der Waals surface area contributed by atoms with Crippen LogP contribution in [0, 0.1) is 0 Å². The summed E-state index contributed by atoms with van der Waals surface area (Å²) in [5.74, 6) is -0.375. The van der Waals surface area contributed by atoms with Crippen molar-refractivity contribution in [3.05, 3.63) is 34.7 Å². The maximum atomic E-state index is 12.7. The Kier molecular flexibility index (Phi) is 6.33. The summed E-state index contributed by atoms with van der Waals surface area (Å²) < 4.78 is 28.6. The molecule has 2 aliphatic rings. The Morgan fingerprint density at radius 3 is 2.76 bits per heavy atom. The van der Waals surface area contributed by atoms with Crippen LogP contribution in [0.25, 0.3) is 6.08 Å². The smallest absolute Gasteiger partial charge is 0.294 e. The first-order valence-electron chi connectivity index (χ1n) is 9.13. The molecule has 29 heavy (non-hydrogen) atoms. The molecule has 2 heterocycles. The van der Waals surface area contributed by atoms with Crippen molar-refractivity contribution in [1.82, 2.24) is 9.80 Å². The second kappa shape index (κ2) is 8.58. The van der Waals surface area contributed by atoms with Crippen LogP contribution in [-0.4, -0.2) is 73.0 Å². The highest BCUT2D eigenvalue weighted by Gasteiger charge is 2.39. The molecule has 0 aromatic heterocycles. The van der Waals surface area contributed by atoms with Crippen molar-refractivity contribution in [3.63, 3.8) is 0 Å². The monoisotopic (exact) mass is 438 g/mol. The molecule has 3 amide bonds. The molecule has 0 saturated carbocycles. The molecule has 1 aromatic carbocycles. The highest BCUT2D eigenvalue weighted by atomic mass is 32.2. The van der Waals surface area contributed by atoms with Crippen LogP contribution in [0.3, 0.4) is 0 Å². The number of imide groups is 1. The van der Waals surface area contributed by atoms with E-state index in [1.54, 1.807) is 37.3 Å². The van der Waals surface area contributed by atoms with Crippen molar-refractivity contribution >= 4 is 44.7 Å². The molecule has 1 atom stereocenters. The van der Waals surface area contributed by atoms with Gasteiger partial charge >= 0.3 is 0 Å². The number of carbonyl (C=O) groups excluding carboxylic acids is 3. The quantitative estimate of drug-likeness (QED) is 0.624. The van der Waals surface area contributed by atoms with Crippen LogP contribution in [0.2, 0.25) is 0 Å². The lowest BCUT2D eigenvalue weighted by atomic mass is 10.2. The van der Waals surface area contributed by atoms with E-state index < -0.39 is 39.5 Å². The van der Waals surface area contributed by atoms with Gasteiger partial charge in [-0.2, -0.15) is 0 Å². The fourth-order valence-electron chi connectivity index (χ4n) is 3.40. The number of carbonyl (C=O) groups is 3. The summed E-state index contributed by atoms with van der Waals surface area (Å²) in [7, 11) is -1.61. The van der Waals surface area contributed by atoms with E-state index >= 15 is 0 Å². The lowest BCUT2D eigenvalue weighted by Crippen LogP contribution is -2.47. The molecule has 2 saturated heterocycles. The Bertz CT molecular complexity index is 973. The van der Waals surface area contributed by atoms with Crippen molar-refractivity contribution in [2.24, 2.45) is 0 Å². The maximum absolute atomic E-state index is 12.7. The molecule has 0 unspecified atom stereocenters. The van der Waals surface area contributed by atoms with Gasteiger partial charge in [0.2, 0.25) is 5.91 Å². The van der Waals surface area contributed by atoms with Gasteiger partial charge in [0.05, 0.1) is 23.5 Å². The van der Waals surface area contributed by atoms with Crippen LogP contribution < -0.4 is 4.74 Å². The second-order valence-electron chi connectivity index (χ2n) is 6.78. The average Bonchev–Trinajstić information content (AvgIpc) is 3.16. The summed E-state index contributed by atoms with van der Waals surface area (Å²) in [5.41, 5.74) is 0.701. The Hall–Kier alpha value is -2.33. The first-order valence-corrected chi connectivity index (χ1v) is 11.8. The number of rotatable bonds is 6. The minimum absolute atomic E-state index is 0.0479. The summed E-state index contributed by atoms with van der Waals surface area (Å²) >= 11 is 0.774. The van der Waals surface area contributed by atoms with Gasteiger partial charge in [-0.15, -0.1) is 0 Å². The number of likely N-dealkylation sites (N-methyl/N-ethyl adjacent to an activating group) is 1. The Morgan fingerprint density at radius 1 is 1.38 bits per heavy atom. The van der Waals surface area contributed by atoms with E-state index in [0.29, 0.717) is 24.3 Å². The van der Waals surface area contributed by atoms with Crippen molar-refractivity contribution in [1.29, 1.82) is 0 Å². The fourth-order valence-corrected chi connectivity index (χ4v) is 5.97. The van der Waals surface area contributed by atoms with Crippen molar-refractivity contribution < 1.29 is 27.5 Å². The predicted octanol–water partition coefficient (Wildman–Crippen LogP) is 1.77. The van der Waals surface area contributed by atoms with Gasteiger partial charge in [-0.25, -0.2) is 8.42 Å². The minimum atomic E-state index is -3.15. The van der Waals surface area contributed by atoms with Crippen molar-refractivity contribution in [2.45, 2.75) is 19.4 Å². The van der Waals surface area contributed by atoms with Crippen molar-refractivity contribution in [2.75, 3.05) is 31.7 Å². The predicted molar refractivity (Wildman–Crippen MR) is 110 cm³/mol. The molecule has 2 aliphatic heterocycles. The molecule has 156 valence electrons. The van der Waals surface area contributed by atoms with Crippen LogP contribution in [0.15, 0.2) is 29.2 Å². The molecular formula is C19H22N2O6S2. The Balaban J connectivity index is 1.72. The third-order valence-electron chi connectivity index (χ3n) is 4.87. The number of hydrogen-bond acceptors (Lipinski definition) is 7. The molecule has 10 heteroatoms. The van der Waals surface area contributed by atoms with Crippen LogP contribution in [0.5, 0.6) is 5.75 Å². The zero-order chi connectivity index (χ0) is 21.2. The third kappa shape index (κ3) is 4.81. The first-order chi connectivity index (χ1) is 13.7. The number of ether oxygens (including phenoxy) is 1. The molecule has 0 N–H and O–H groups in total. The summed E-state index contributed by atoms with van der Waals surface area (Å²) in [6.45, 7) is 1.67. The number of methoxy groups -OCH3 is 1. The van der Waals surface area contributed by atoms with Crippen molar-refractivity contribution in [3.8, 4) is 5.75 Å². The highest BCUT2D eigenvalue weighted by molar-refractivity contribution is 8.18. The largest absolute Gasteiger partial charge is 0.497 e. The lowest BCUT2D eigenvalue weighted by Gasteiger charge is -2.28. The third-order valence-corrected chi connectivity index (χ3v) is 7.53. The molecule has 2 fully saturated rings. The molecule has 1 aromatic rings. The number of nitrogens with zero attached hydrogens (tertiary/aromatic N) is 2. The van der Waals surface area contributed by atoms with Gasteiger partial charge < -0.3 is 9.64 Å². The molecule has 3 rings (SSSR count). The number of benzene rings is 1. The summed E-state index contributed by atoms with van der Waals surface area (Å²) in [6.07, 6.45) is 1.96. The van der Waals surface area contributed by atoms with E-state index in [1.165, 1.54) is 12.0 Å². The molecule has 0 bridgehead atoms. The SMILES string of the molecule is CCN(C(=O)CN1C(=O)S/C(=C/c2cccc(OC)c2)C1=O)[C@@H]1CCS(=O)(=O)C1. The summed E-state index contributed by atoms with van der Waals surface area (Å²) in [4.78, 5) is 40.3. The molecule has 0 radical (unpaired) electrons. The van der Waals surface area contributed by atoms with Gasteiger partial charge in [0.25, 0.3) is 11.1 Å². The zero-order valence-electron chi connectivity index (χ0n) is 16.2. The van der Waals surface area contributed by atoms with Crippen LogP contribution >= 0.6 is 11.8 Å². The van der Waals surface area contributed by atoms with E-state index in [-0.39, 0.29) is 16.4 Å². The Labute approximate surface area is 173 Å². The van der Waals surface area contributed by atoms with Gasteiger partial charge in [0, 0.05) is 12.6 Å². The molecule has 0 aliphatic carbocycles. The van der Waals surface area contributed by atoms with E-state index in [4.69, 9.17) is 4.74 Å². The van der Waals surface area contributed by atoms with Gasteiger partial charge in [-0.3, -0.25) is 19.3 Å². The number of hydrogen-bond donors (Lipinski definition) is 0. The number of thioether (sulfide) groups is 1. The van der Waals surface area contributed by atoms with E-state index in [2.05, 4.69) is 0 Å². The second-order valence-corrected chi connectivity index (χ2v) is 10.0. The van der Waals surface area contributed by atoms with Gasteiger partial charge in [0.1, 0.15) is 12.3 Å².